The van der Waals surface area contributed by atoms with Crippen molar-refractivity contribution in [3.05, 3.63) is 52.2 Å². The molecule has 0 aliphatic carbocycles. The minimum atomic E-state index is -0.222. The molecule has 110 valence electrons. The summed E-state index contributed by atoms with van der Waals surface area (Å²) in [7, 11) is 0. The number of nitrogens with zero attached hydrogens (tertiary/aromatic N) is 1. The fraction of sp³-hybridized carbons (Fsp3) is 0.250. The first kappa shape index (κ1) is 15.3. The molecule has 4 nitrogen and oxygen atoms in total. The van der Waals surface area contributed by atoms with Gasteiger partial charge in [0.2, 0.25) is 0 Å². The predicted octanol–water partition coefficient (Wildman–Crippen LogP) is 3.69. The number of carbonyl (C=O) groups excluding carboxylic acids is 1. The van der Waals surface area contributed by atoms with Crippen molar-refractivity contribution in [3.63, 3.8) is 0 Å². The van der Waals surface area contributed by atoms with Gasteiger partial charge in [0.15, 0.2) is 0 Å². The number of nitrogens with one attached hydrogen (secondary N) is 1. The van der Waals surface area contributed by atoms with Crippen LogP contribution >= 0.6 is 11.3 Å². The topological polar surface area (TPSA) is 50.7 Å². The van der Waals surface area contributed by atoms with Gasteiger partial charge in [-0.15, -0.1) is 11.3 Å². The number of ether oxygens (including phenoxy) is 1. The molecule has 5 heteroatoms. The van der Waals surface area contributed by atoms with Crippen molar-refractivity contribution in [2.75, 3.05) is 6.61 Å². The molecule has 1 N–H and O–H groups in total. The first-order chi connectivity index (χ1) is 10.2. The monoisotopic (exact) mass is 302 g/mol. The molecule has 0 fully saturated rings. The third-order valence-electron chi connectivity index (χ3n) is 2.86. The third-order valence-corrected chi connectivity index (χ3v) is 3.78. The van der Waals surface area contributed by atoms with Gasteiger partial charge in [-0.05, 0) is 49.1 Å². The maximum absolute atomic E-state index is 12.0. The van der Waals surface area contributed by atoms with Gasteiger partial charge >= 0.3 is 0 Å². The van der Waals surface area contributed by atoms with Gasteiger partial charge in [-0.25, -0.2) is 5.43 Å². The molecular weight excluding hydrogens is 284 g/mol. The van der Waals surface area contributed by atoms with Crippen LogP contribution in [0.15, 0.2) is 46.9 Å². The lowest BCUT2D eigenvalue weighted by Crippen LogP contribution is -2.19. The predicted molar refractivity (Wildman–Crippen MR) is 86.2 cm³/mol. The largest absolute Gasteiger partial charge is 0.494 e. The molecule has 0 atom stereocenters. The number of amides is 1. The first-order valence-electron chi connectivity index (χ1n) is 6.88. The molecule has 1 heterocycles. The number of rotatable bonds is 6. The Hall–Kier alpha value is -2.14. The highest BCUT2D eigenvalue weighted by Crippen LogP contribution is 2.13. The molecule has 1 aromatic heterocycles. The van der Waals surface area contributed by atoms with E-state index in [1.165, 1.54) is 0 Å². The second-order valence-electron chi connectivity index (χ2n) is 4.29. The van der Waals surface area contributed by atoms with Crippen molar-refractivity contribution in [1.29, 1.82) is 0 Å². The minimum absolute atomic E-state index is 0.222. The van der Waals surface area contributed by atoms with Gasteiger partial charge in [0.1, 0.15) is 5.75 Å². The Morgan fingerprint density at radius 3 is 2.57 bits per heavy atom. The molecule has 21 heavy (non-hydrogen) atoms. The van der Waals surface area contributed by atoms with Crippen molar-refractivity contribution in [1.82, 2.24) is 5.43 Å². The van der Waals surface area contributed by atoms with E-state index in [9.17, 15) is 4.79 Å². The summed E-state index contributed by atoms with van der Waals surface area (Å²) in [6.07, 6.45) is 0.768. The molecule has 0 radical (unpaired) electrons. The standard InChI is InChI=1S/C16H18N2O2S/c1-3-14(15-6-5-11-21-15)17-18-16(19)12-7-9-13(10-8-12)20-4-2/h5-11H,3-4H2,1-2H3,(H,18,19)/b17-14-. The van der Waals surface area contributed by atoms with Crippen LogP contribution in [0.2, 0.25) is 0 Å². The maximum Gasteiger partial charge on any atom is 0.271 e. The van der Waals surface area contributed by atoms with E-state index in [2.05, 4.69) is 10.5 Å². The quantitative estimate of drug-likeness (QED) is 0.653. The molecule has 0 saturated heterocycles. The molecule has 0 saturated carbocycles. The van der Waals surface area contributed by atoms with Gasteiger partial charge in [0, 0.05) is 5.56 Å². The molecule has 0 bridgehead atoms. The van der Waals surface area contributed by atoms with Crippen LogP contribution in [0.25, 0.3) is 0 Å². The van der Waals surface area contributed by atoms with Crippen LogP contribution in [0.3, 0.4) is 0 Å². The van der Waals surface area contributed by atoms with Gasteiger partial charge in [-0.2, -0.15) is 5.10 Å². The Labute approximate surface area is 128 Å². The van der Waals surface area contributed by atoms with E-state index in [1.807, 2.05) is 31.4 Å². The molecular formula is C16H18N2O2S. The fourth-order valence-electron chi connectivity index (χ4n) is 1.80. The second kappa shape index (κ2) is 7.59. The summed E-state index contributed by atoms with van der Waals surface area (Å²) in [6, 6.07) is 11.0. The SMILES string of the molecule is CCOc1ccc(C(=O)N/N=C(/CC)c2cccs2)cc1. The van der Waals surface area contributed by atoms with Crippen LogP contribution in [0.5, 0.6) is 5.75 Å². The van der Waals surface area contributed by atoms with Crippen LogP contribution < -0.4 is 10.2 Å². The highest BCUT2D eigenvalue weighted by Gasteiger charge is 2.07. The summed E-state index contributed by atoms with van der Waals surface area (Å²) in [4.78, 5) is 13.1. The van der Waals surface area contributed by atoms with E-state index >= 15 is 0 Å². The van der Waals surface area contributed by atoms with Gasteiger partial charge in [0.05, 0.1) is 17.2 Å². The van der Waals surface area contributed by atoms with Crippen molar-refractivity contribution in [2.45, 2.75) is 20.3 Å². The van der Waals surface area contributed by atoms with E-state index in [4.69, 9.17) is 4.74 Å². The van der Waals surface area contributed by atoms with E-state index < -0.39 is 0 Å². The van der Waals surface area contributed by atoms with Crippen molar-refractivity contribution >= 4 is 23.0 Å². The van der Waals surface area contributed by atoms with Crippen molar-refractivity contribution in [2.24, 2.45) is 5.10 Å². The fourth-order valence-corrected chi connectivity index (χ4v) is 2.59. The Bertz CT molecular complexity index is 604. The van der Waals surface area contributed by atoms with Crippen LogP contribution in [0.4, 0.5) is 0 Å². The number of hydrogen-bond acceptors (Lipinski definition) is 4. The molecule has 0 unspecified atom stereocenters. The van der Waals surface area contributed by atoms with Crippen molar-refractivity contribution < 1.29 is 9.53 Å². The van der Waals surface area contributed by atoms with E-state index in [0.717, 1.165) is 22.8 Å². The lowest BCUT2D eigenvalue weighted by atomic mass is 10.2. The number of hydrogen-bond donors (Lipinski definition) is 1. The molecule has 0 spiro atoms. The van der Waals surface area contributed by atoms with Crippen LogP contribution in [0, 0.1) is 0 Å². The number of hydrazone groups is 1. The first-order valence-corrected chi connectivity index (χ1v) is 7.76. The van der Waals surface area contributed by atoms with E-state index in [-0.39, 0.29) is 5.91 Å². The zero-order valence-corrected chi connectivity index (χ0v) is 12.9. The van der Waals surface area contributed by atoms with Gasteiger partial charge in [-0.1, -0.05) is 13.0 Å². The van der Waals surface area contributed by atoms with E-state index in [0.29, 0.717) is 12.2 Å². The lowest BCUT2D eigenvalue weighted by Gasteiger charge is -2.05. The molecule has 1 aromatic carbocycles. The Morgan fingerprint density at radius 1 is 1.24 bits per heavy atom. The Morgan fingerprint density at radius 2 is 2.00 bits per heavy atom. The number of benzene rings is 1. The Balaban J connectivity index is 2.03. The molecule has 2 aromatic rings. The van der Waals surface area contributed by atoms with E-state index in [1.54, 1.807) is 35.6 Å². The summed E-state index contributed by atoms with van der Waals surface area (Å²) in [5.74, 6) is 0.533. The van der Waals surface area contributed by atoms with Crippen LogP contribution in [0.1, 0.15) is 35.5 Å². The average Bonchev–Trinajstić information content (AvgIpc) is 3.03. The van der Waals surface area contributed by atoms with Gasteiger partial charge in [0.25, 0.3) is 5.91 Å². The van der Waals surface area contributed by atoms with Crippen LogP contribution in [-0.4, -0.2) is 18.2 Å². The minimum Gasteiger partial charge on any atom is -0.494 e. The van der Waals surface area contributed by atoms with Crippen LogP contribution in [-0.2, 0) is 0 Å². The molecule has 1 amide bonds. The third kappa shape index (κ3) is 4.16. The Kier molecular flexibility index (Phi) is 5.51. The molecule has 2 rings (SSSR count). The summed E-state index contributed by atoms with van der Waals surface area (Å²) in [5.41, 5.74) is 4.04. The summed E-state index contributed by atoms with van der Waals surface area (Å²) >= 11 is 1.61. The second-order valence-corrected chi connectivity index (χ2v) is 5.24. The average molecular weight is 302 g/mol. The van der Waals surface area contributed by atoms with Crippen molar-refractivity contribution in [3.8, 4) is 5.75 Å². The highest BCUT2D eigenvalue weighted by atomic mass is 32.1. The maximum atomic E-state index is 12.0. The summed E-state index contributed by atoms with van der Waals surface area (Å²) in [6.45, 7) is 4.55. The molecule has 0 aliphatic heterocycles. The lowest BCUT2D eigenvalue weighted by molar-refractivity contribution is 0.0955. The number of carbonyl (C=O) groups is 1. The molecule has 0 aliphatic rings. The smallest absolute Gasteiger partial charge is 0.271 e. The zero-order chi connectivity index (χ0) is 15.1. The number of thiophene rings is 1. The summed E-state index contributed by atoms with van der Waals surface area (Å²) < 4.78 is 5.35. The normalized spacial score (nSPS) is 11.2. The van der Waals surface area contributed by atoms with Gasteiger partial charge in [-0.3, -0.25) is 4.79 Å². The van der Waals surface area contributed by atoms with Gasteiger partial charge < -0.3 is 4.74 Å². The summed E-state index contributed by atoms with van der Waals surface area (Å²) in [5, 5.41) is 6.21. The highest BCUT2D eigenvalue weighted by molar-refractivity contribution is 7.12. The zero-order valence-electron chi connectivity index (χ0n) is 12.1.